The maximum absolute atomic E-state index is 2.32. The average Bonchev–Trinajstić information content (AvgIpc) is 1.90. The molecule has 0 saturated carbocycles. The van der Waals surface area contributed by atoms with Crippen LogP contribution in [0.1, 0.15) is 33.1 Å². The Morgan fingerprint density at radius 2 is 2.30 bits per heavy atom. The molecule has 1 aliphatic carbocycles. The van der Waals surface area contributed by atoms with Crippen LogP contribution in [0, 0.1) is 5.92 Å². The summed E-state index contributed by atoms with van der Waals surface area (Å²) in [6.45, 7) is 4.46. The summed E-state index contributed by atoms with van der Waals surface area (Å²) in [5.41, 5.74) is 1.42. The molecule has 0 radical (unpaired) electrons. The van der Waals surface area contributed by atoms with Gasteiger partial charge in [-0.15, -0.1) is 0 Å². The lowest BCUT2D eigenvalue weighted by Crippen LogP contribution is -1.91. The first-order valence-corrected chi connectivity index (χ1v) is 4.14. The third-order valence-electron chi connectivity index (χ3n) is 2.02. The third-order valence-corrected chi connectivity index (χ3v) is 2.02. The van der Waals surface area contributed by atoms with Gasteiger partial charge in [0.1, 0.15) is 0 Å². The SMILES string of the molecule is CC1=CCCCC(C)C=C1. The average molecular weight is 136 g/mol. The van der Waals surface area contributed by atoms with E-state index >= 15 is 0 Å². The third kappa shape index (κ3) is 2.38. The van der Waals surface area contributed by atoms with Crippen LogP contribution >= 0.6 is 0 Å². The van der Waals surface area contributed by atoms with Crippen molar-refractivity contribution in [3.05, 3.63) is 23.8 Å². The van der Waals surface area contributed by atoms with Gasteiger partial charge in [0.05, 0.1) is 0 Å². The van der Waals surface area contributed by atoms with Gasteiger partial charge in [-0.2, -0.15) is 0 Å². The van der Waals surface area contributed by atoms with Gasteiger partial charge >= 0.3 is 0 Å². The van der Waals surface area contributed by atoms with E-state index in [0.29, 0.717) is 0 Å². The molecule has 10 heavy (non-hydrogen) atoms. The van der Waals surface area contributed by atoms with Crippen LogP contribution in [0.2, 0.25) is 0 Å². The smallest absolute Gasteiger partial charge is 0.0259 e. The van der Waals surface area contributed by atoms with E-state index < -0.39 is 0 Å². The summed E-state index contributed by atoms with van der Waals surface area (Å²) in [6.07, 6.45) is 10.8. The fourth-order valence-electron chi connectivity index (χ4n) is 1.25. The van der Waals surface area contributed by atoms with Crippen LogP contribution in [-0.2, 0) is 0 Å². The molecule has 1 atom stereocenters. The fourth-order valence-corrected chi connectivity index (χ4v) is 1.25. The molecule has 0 nitrogen and oxygen atoms in total. The minimum atomic E-state index is 0.781. The molecule has 1 aliphatic rings. The molecule has 56 valence electrons. The Hall–Kier alpha value is -0.520. The van der Waals surface area contributed by atoms with Gasteiger partial charge in [0.15, 0.2) is 0 Å². The van der Waals surface area contributed by atoms with Gasteiger partial charge in [-0.25, -0.2) is 0 Å². The van der Waals surface area contributed by atoms with Crippen molar-refractivity contribution in [1.82, 2.24) is 0 Å². The monoisotopic (exact) mass is 136 g/mol. The van der Waals surface area contributed by atoms with Gasteiger partial charge in [-0.05, 0) is 32.1 Å². The molecule has 0 N–H and O–H groups in total. The van der Waals surface area contributed by atoms with Crippen molar-refractivity contribution in [3.63, 3.8) is 0 Å². The molecule has 1 unspecified atom stereocenters. The van der Waals surface area contributed by atoms with Crippen molar-refractivity contribution in [2.75, 3.05) is 0 Å². The molecule has 0 heteroatoms. The molecule has 0 aliphatic heterocycles. The normalized spacial score (nSPS) is 27.0. The summed E-state index contributed by atoms with van der Waals surface area (Å²) < 4.78 is 0. The topological polar surface area (TPSA) is 0 Å². The van der Waals surface area contributed by atoms with Crippen molar-refractivity contribution >= 4 is 0 Å². The molecule has 0 fully saturated rings. The second kappa shape index (κ2) is 3.60. The Kier molecular flexibility index (Phi) is 2.73. The lowest BCUT2D eigenvalue weighted by atomic mass is 9.99. The van der Waals surface area contributed by atoms with Crippen LogP contribution in [0.5, 0.6) is 0 Å². The van der Waals surface area contributed by atoms with Crippen molar-refractivity contribution in [2.24, 2.45) is 5.92 Å². The van der Waals surface area contributed by atoms with Gasteiger partial charge in [-0.3, -0.25) is 0 Å². The zero-order chi connectivity index (χ0) is 7.40. The van der Waals surface area contributed by atoms with Crippen LogP contribution < -0.4 is 0 Å². The molecule has 0 bridgehead atoms. The Morgan fingerprint density at radius 3 is 3.10 bits per heavy atom. The van der Waals surface area contributed by atoms with Crippen LogP contribution in [0.25, 0.3) is 0 Å². The van der Waals surface area contributed by atoms with E-state index in [0.717, 1.165) is 5.92 Å². The van der Waals surface area contributed by atoms with E-state index in [-0.39, 0.29) is 0 Å². The van der Waals surface area contributed by atoms with E-state index in [1.165, 1.54) is 24.8 Å². The maximum atomic E-state index is 2.32. The number of allylic oxidation sites excluding steroid dienone is 4. The zero-order valence-electron chi connectivity index (χ0n) is 6.93. The summed E-state index contributed by atoms with van der Waals surface area (Å²) in [5, 5.41) is 0. The first-order chi connectivity index (χ1) is 4.79. The van der Waals surface area contributed by atoms with Gasteiger partial charge in [0.25, 0.3) is 0 Å². The molecule has 0 aromatic rings. The molecular formula is C10H16. The van der Waals surface area contributed by atoms with Gasteiger partial charge in [0, 0.05) is 0 Å². The minimum Gasteiger partial charge on any atom is -0.0816 e. The Bertz CT molecular complexity index is 151. The lowest BCUT2D eigenvalue weighted by molar-refractivity contribution is 0.607. The van der Waals surface area contributed by atoms with E-state index in [2.05, 4.69) is 32.1 Å². The molecule has 0 saturated heterocycles. The van der Waals surface area contributed by atoms with E-state index in [4.69, 9.17) is 0 Å². The van der Waals surface area contributed by atoms with Gasteiger partial charge in [-0.1, -0.05) is 30.7 Å². The maximum Gasteiger partial charge on any atom is -0.0259 e. The lowest BCUT2D eigenvalue weighted by Gasteiger charge is -2.07. The van der Waals surface area contributed by atoms with Crippen LogP contribution in [0.15, 0.2) is 23.8 Å². The van der Waals surface area contributed by atoms with E-state index in [1.807, 2.05) is 0 Å². The molecule has 1 rings (SSSR count). The van der Waals surface area contributed by atoms with E-state index in [1.54, 1.807) is 0 Å². The molecule has 0 aromatic carbocycles. The highest BCUT2D eigenvalue weighted by Crippen LogP contribution is 2.14. The fraction of sp³-hybridized carbons (Fsp3) is 0.600. The molecule has 0 aromatic heterocycles. The number of rotatable bonds is 0. The second-order valence-electron chi connectivity index (χ2n) is 3.22. The summed E-state index contributed by atoms with van der Waals surface area (Å²) in [4.78, 5) is 0. The minimum absolute atomic E-state index is 0.781. The quantitative estimate of drug-likeness (QED) is 0.479. The highest BCUT2D eigenvalue weighted by atomic mass is 14.0. The largest absolute Gasteiger partial charge is 0.0816 e. The number of hydrogen-bond donors (Lipinski definition) is 0. The van der Waals surface area contributed by atoms with Crippen molar-refractivity contribution in [3.8, 4) is 0 Å². The van der Waals surface area contributed by atoms with Gasteiger partial charge < -0.3 is 0 Å². The van der Waals surface area contributed by atoms with Crippen molar-refractivity contribution in [2.45, 2.75) is 33.1 Å². The summed E-state index contributed by atoms with van der Waals surface area (Å²) in [5.74, 6) is 0.781. The van der Waals surface area contributed by atoms with Crippen molar-refractivity contribution in [1.29, 1.82) is 0 Å². The highest BCUT2D eigenvalue weighted by Gasteiger charge is 1.98. The van der Waals surface area contributed by atoms with E-state index in [9.17, 15) is 0 Å². The predicted octanol–water partition coefficient (Wildman–Crippen LogP) is 3.31. The van der Waals surface area contributed by atoms with Crippen LogP contribution in [0.3, 0.4) is 0 Å². The zero-order valence-corrected chi connectivity index (χ0v) is 6.93. The standard InChI is InChI=1S/C10H16/c1-9-5-3-4-6-10(2)8-7-9/h5,7-8,10H,3-4,6H2,1-2H3. The molecular weight excluding hydrogens is 120 g/mol. The Morgan fingerprint density at radius 1 is 1.50 bits per heavy atom. The summed E-state index contributed by atoms with van der Waals surface area (Å²) >= 11 is 0. The highest BCUT2D eigenvalue weighted by molar-refractivity contribution is 5.17. The Balaban J connectivity index is 2.57. The first kappa shape index (κ1) is 7.59. The number of hydrogen-bond acceptors (Lipinski definition) is 0. The molecule has 0 heterocycles. The predicted molar refractivity (Wildman–Crippen MR) is 45.9 cm³/mol. The van der Waals surface area contributed by atoms with Crippen molar-refractivity contribution < 1.29 is 0 Å². The van der Waals surface area contributed by atoms with Gasteiger partial charge in [0.2, 0.25) is 0 Å². The molecule has 0 spiro atoms. The second-order valence-corrected chi connectivity index (χ2v) is 3.22. The first-order valence-electron chi connectivity index (χ1n) is 4.14. The summed E-state index contributed by atoms with van der Waals surface area (Å²) in [6, 6.07) is 0. The molecule has 0 amide bonds. The van der Waals surface area contributed by atoms with Crippen LogP contribution in [-0.4, -0.2) is 0 Å². The summed E-state index contributed by atoms with van der Waals surface area (Å²) in [7, 11) is 0. The Labute approximate surface area is 63.6 Å². The van der Waals surface area contributed by atoms with Crippen LogP contribution in [0.4, 0.5) is 0 Å².